The SMILES string of the molecule is Cc1ccc(S(=O)(=O)N(Cc2ccc(/C=N/NC(=O)c3c(C)nc4cc(C)ccn34)o2)Cc2ccc(Cl)cc2Cl)cc1. The van der Waals surface area contributed by atoms with Crippen LogP contribution in [0.15, 0.2) is 87.3 Å². The monoisotopic (exact) mass is 623 g/mol. The van der Waals surface area contributed by atoms with Gasteiger partial charge < -0.3 is 4.42 Å². The Kier molecular flexibility index (Phi) is 8.51. The maximum atomic E-state index is 13.7. The van der Waals surface area contributed by atoms with Gasteiger partial charge in [0.1, 0.15) is 22.9 Å². The third-order valence-electron chi connectivity index (χ3n) is 6.56. The number of furan rings is 1. The number of hydrogen-bond acceptors (Lipinski definition) is 6. The zero-order valence-electron chi connectivity index (χ0n) is 23.0. The molecule has 1 N–H and O–H groups in total. The van der Waals surface area contributed by atoms with E-state index in [1.54, 1.807) is 72.1 Å². The predicted molar refractivity (Wildman–Crippen MR) is 163 cm³/mol. The molecular weight excluding hydrogens is 597 g/mol. The molecular formula is C30H27Cl2N5O4S. The van der Waals surface area contributed by atoms with Crippen LogP contribution in [-0.4, -0.2) is 34.2 Å². The van der Waals surface area contributed by atoms with Crippen LogP contribution in [0.2, 0.25) is 10.0 Å². The van der Waals surface area contributed by atoms with Crippen molar-refractivity contribution < 1.29 is 17.6 Å². The molecule has 0 fully saturated rings. The third kappa shape index (κ3) is 6.42. The summed E-state index contributed by atoms with van der Waals surface area (Å²) in [6, 6.07) is 18.6. The fraction of sp³-hybridized carbons (Fsp3) is 0.167. The second kappa shape index (κ2) is 12.1. The number of pyridine rings is 1. The fourth-order valence-corrected chi connectivity index (χ4v) is 6.25. The van der Waals surface area contributed by atoms with Crippen LogP contribution in [0.4, 0.5) is 0 Å². The Labute approximate surface area is 253 Å². The van der Waals surface area contributed by atoms with Gasteiger partial charge in [0.05, 0.1) is 23.3 Å². The molecule has 3 aromatic heterocycles. The van der Waals surface area contributed by atoms with E-state index in [2.05, 4.69) is 15.5 Å². The summed E-state index contributed by atoms with van der Waals surface area (Å²) < 4.78 is 36.2. The summed E-state index contributed by atoms with van der Waals surface area (Å²) in [7, 11) is -3.93. The molecule has 0 aliphatic carbocycles. The molecule has 0 aliphatic heterocycles. The van der Waals surface area contributed by atoms with Gasteiger partial charge in [-0.25, -0.2) is 18.8 Å². The highest BCUT2D eigenvalue weighted by atomic mass is 35.5. The van der Waals surface area contributed by atoms with Crippen LogP contribution >= 0.6 is 23.2 Å². The molecule has 0 aliphatic rings. The maximum Gasteiger partial charge on any atom is 0.290 e. The third-order valence-corrected chi connectivity index (χ3v) is 8.96. The highest BCUT2D eigenvalue weighted by molar-refractivity contribution is 7.89. The lowest BCUT2D eigenvalue weighted by Crippen LogP contribution is -2.30. The molecule has 0 saturated carbocycles. The van der Waals surface area contributed by atoms with Crippen LogP contribution < -0.4 is 5.43 Å². The minimum absolute atomic E-state index is 0.00935. The second-order valence-electron chi connectivity index (χ2n) is 9.80. The van der Waals surface area contributed by atoms with Crippen molar-refractivity contribution in [3.8, 4) is 0 Å². The van der Waals surface area contributed by atoms with E-state index in [-0.39, 0.29) is 18.0 Å². The number of imidazole rings is 1. The number of aromatic nitrogens is 2. The lowest BCUT2D eigenvalue weighted by atomic mass is 10.2. The standard InChI is InChI=1S/C30H27Cl2N5O4S/c1-19-4-10-26(11-5-19)42(39,40)36(17-22-6-7-23(31)15-27(22)32)18-25-9-8-24(41-25)16-33-35-30(38)29-21(3)34-28-14-20(2)12-13-37(28)29/h4-16H,17-18H2,1-3H3,(H,35,38)/b33-16+. The van der Waals surface area contributed by atoms with Gasteiger partial charge in [-0.15, -0.1) is 0 Å². The molecule has 2 aromatic carbocycles. The molecule has 9 nitrogen and oxygen atoms in total. The average molecular weight is 625 g/mol. The van der Waals surface area contributed by atoms with E-state index in [9.17, 15) is 13.2 Å². The minimum atomic E-state index is -3.93. The highest BCUT2D eigenvalue weighted by Crippen LogP contribution is 2.27. The van der Waals surface area contributed by atoms with Crippen molar-refractivity contribution in [1.82, 2.24) is 19.1 Å². The number of nitrogens with zero attached hydrogens (tertiary/aromatic N) is 4. The Morgan fingerprint density at radius 3 is 2.50 bits per heavy atom. The van der Waals surface area contributed by atoms with Crippen molar-refractivity contribution in [3.05, 3.63) is 123 Å². The molecule has 5 aromatic rings. The van der Waals surface area contributed by atoms with E-state index in [0.717, 1.165) is 11.1 Å². The van der Waals surface area contributed by atoms with Crippen molar-refractivity contribution in [2.24, 2.45) is 5.10 Å². The number of rotatable bonds is 9. The van der Waals surface area contributed by atoms with Gasteiger partial charge in [-0.1, -0.05) is 47.0 Å². The van der Waals surface area contributed by atoms with Crippen LogP contribution in [0.3, 0.4) is 0 Å². The first-order valence-electron chi connectivity index (χ1n) is 12.9. The van der Waals surface area contributed by atoms with E-state index in [1.807, 2.05) is 26.0 Å². The van der Waals surface area contributed by atoms with E-state index < -0.39 is 15.9 Å². The van der Waals surface area contributed by atoms with Crippen molar-refractivity contribution in [1.29, 1.82) is 0 Å². The molecule has 0 spiro atoms. The Morgan fingerprint density at radius 2 is 1.76 bits per heavy atom. The van der Waals surface area contributed by atoms with Crippen molar-refractivity contribution in [2.45, 2.75) is 38.8 Å². The summed E-state index contributed by atoms with van der Waals surface area (Å²) >= 11 is 12.4. The Balaban J connectivity index is 1.34. The van der Waals surface area contributed by atoms with E-state index in [4.69, 9.17) is 27.6 Å². The molecule has 0 radical (unpaired) electrons. The van der Waals surface area contributed by atoms with Gasteiger partial charge in [-0.3, -0.25) is 9.20 Å². The molecule has 3 heterocycles. The average Bonchev–Trinajstić information content (AvgIpc) is 3.52. The van der Waals surface area contributed by atoms with Gasteiger partial charge in [-0.2, -0.15) is 9.41 Å². The quantitative estimate of drug-likeness (QED) is 0.153. The van der Waals surface area contributed by atoms with E-state index >= 15 is 0 Å². The topological polar surface area (TPSA) is 109 Å². The van der Waals surface area contributed by atoms with Crippen molar-refractivity contribution >= 4 is 51.0 Å². The van der Waals surface area contributed by atoms with Crippen LogP contribution in [0.5, 0.6) is 0 Å². The first kappa shape index (κ1) is 29.5. The number of aryl methyl sites for hydroxylation is 3. The number of halogens is 2. The number of fused-ring (bicyclic) bond motifs is 1. The number of amides is 1. The van der Waals surface area contributed by atoms with Gasteiger partial charge >= 0.3 is 0 Å². The number of sulfonamides is 1. The summed E-state index contributed by atoms with van der Waals surface area (Å²) in [6.07, 6.45) is 3.13. The number of benzene rings is 2. The number of hydrazone groups is 1. The summed E-state index contributed by atoms with van der Waals surface area (Å²) in [4.78, 5) is 17.4. The molecule has 0 unspecified atom stereocenters. The lowest BCUT2D eigenvalue weighted by Gasteiger charge is -2.22. The maximum absolute atomic E-state index is 13.7. The van der Waals surface area contributed by atoms with Crippen LogP contribution in [0, 0.1) is 20.8 Å². The van der Waals surface area contributed by atoms with E-state index in [0.29, 0.717) is 44.2 Å². The number of carbonyl (C=O) groups excluding carboxylic acids is 1. The summed E-state index contributed by atoms with van der Waals surface area (Å²) in [5, 5.41) is 4.83. The summed E-state index contributed by atoms with van der Waals surface area (Å²) in [5.41, 5.74) is 6.68. The first-order valence-corrected chi connectivity index (χ1v) is 15.1. The Morgan fingerprint density at radius 1 is 1.00 bits per heavy atom. The van der Waals surface area contributed by atoms with Crippen molar-refractivity contribution in [3.63, 3.8) is 0 Å². The number of nitrogens with one attached hydrogen (secondary N) is 1. The molecule has 216 valence electrons. The smallest absolute Gasteiger partial charge is 0.290 e. The van der Waals surface area contributed by atoms with Gasteiger partial charge in [0.25, 0.3) is 5.91 Å². The molecule has 0 atom stereocenters. The van der Waals surface area contributed by atoms with Crippen LogP contribution in [0.25, 0.3) is 5.65 Å². The predicted octanol–water partition coefficient (Wildman–Crippen LogP) is 6.31. The summed E-state index contributed by atoms with van der Waals surface area (Å²) in [6.45, 7) is 5.51. The van der Waals surface area contributed by atoms with Gasteiger partial charge in [0.15, 0.2) is 0 Å². The fourth-order valence-electron chi connectivity index (χ4n) is 4.39. The van der Waals surface area contributed by atoms with Crippen molar-refractivity contribution in [2.75, 3.05) is 0 Å². The normalized spacial score (nSPS) is 12.0. The second-order valence-corrected chi connectivity index (χ2v) is 12.6. The highest BCUT2D eigenvalue weighted by Gasteiger charge is 2.27. The van der Waals surface area contributed by atoms with Crippen LogP contribution in [-0.2, 0) is 23.1 Å². The number of hydrogen-bond donors (Lipinski definition) is 1. The van der Waals surface area contributed by atoms with Gasteiger partial charge in [0, 0.05) is 22.8 Å². The molecule has 42 heavy (non-hydrogen) atoms. The molecule has 1 amide bonds. The number of carbonyl (C=O) groups is 1. The molecule has 0 saturated heterocycles. The Hall–Kier alpha value is -3.96. The molecule has 12 heteroatoms. The largest absolute Gasteiger partial charge is 0.459 e. The zero-order chi connectivity index (χ0) is 30.0. The first-order chi connectivity index (χ1) is 20.0. The van der Waals surface area contributed by atoms with Gasteiger partial charge in [0.2, 0.25) is 10.0 Å². The molecule has 0 bridgehead atoms. The lowest BCUT2D eigenvalue weighted by molar-refractivity contribution is 0.0948. The van der Waals surface area contributed by atoms with Crippen LogP contribution in [0.1, 0.15) is 44.4 Å². The minimum Gasteiger partial charge on any atom is -0.459 e. The molecule has 5 rings (SSSR count). The Bertz CT molecular complexity index is 1910. The summed E-state index contributed by atoms with van der Waals surface area (Å²) in [5.74, 6) is 0.270. The van der Waals surface area contributed by atoms with Gasteiger partial charge in [-0.05, 0) is 80.4 Å². The zero-order valence-corrected chi connectivity index (χ0v) is 25.3. The van der Waals surface area contributed by atoms with E-state index in [1.165, 1.54) is 10.5 Å².